The summed E-state index contributed by atoms with van der Waals surface area (Å²) in [4.78, 5) is 0. The number of thioether (sulfide) groups is 2. The Morgan fingerprint density at radius 2 is 2.16 bits per heavy atom. The van der Waals surface area contributed by atoms with Crippen LogP contribution in [0.3, 0.4) is 0 Å². The predicted octanol–water partition coefficient (Wildman–Crippen LogP) is 5.02. The van der Waals surface area contributed by atoms with Gasteiger partial charge in [0.1, 0.15) is 0 Å². The predicted molar refractivity (Wildman–Crippen MR) is 90.9 cm³/mol. The van der Waals surface area contributed by atoms with Crippen molar-refractivity contribution < 1.29 is 0 Å². The molecule has 1 fully saturated rings. The maximum atomic E-state index is 6.12. The Labute approximate surface area is 128 Å². The molecule has 0 amide bonds. The molecule has 0 unspecified atom stereocenters. The van der Waals surface area contributed by atoms with E-state index in [0.717, 1.165) is 22.7 Å². The summed E-state index contributed by atoms with van der Waals surface area (Å²) in [5.74, 6) is 2.49. The first-order valence-corrected chi connectivity index (χ1v) is 9.00. The number of hydrazone groups is 1. The van der Waals surface area contributed by atoms with E-state index in [1.54, 1.807) is 0 Å². The quantitative estimate of drug-likeness (QED) is 0.623. The summed E-state index contributed by atoms with van der Waals surface area (Å²) in [5, 5.41) is 5.38. The Hall–Kier alpha value is -0.320. The van der Waals surface area contributed by atoms with Gasteiger partial charge in [-0.05, 0) is 49.0 Å². The Balaban J connectivity index is 2.08. The summed E-state index contributed by atoms with van der Waals surface area (Å²) in [5.41, 5.74) is 6.45. The zero-order valence-electron chi connectivity index (χ0n) is 11.3. The lowest BCUT2D eigenvalue weighted by atomic mass is 10.2. The summed E-state index contributed by atoms with van der Waals surface area (Å²) >= 11 is 10.1. The van der Waals surface area contributed by atoms with Crippen molar-refractivity contribution in [3.8, 4) is 0 Å². The normalized spacial score (nSPS) is 17.5. The van der Waals surface area contributed by atoms with Gasteiger partial charge in [-0.15, -0.1) is 23.5 Å². The Morgan fingerprint density at radius 1 is 1.42 bits per heavy atom. The van der Waals surface area contributed by atoms with Gasteiger partial charge in [-0.3, -0.25) is 5.43 Å². The lowest BCUT2D eigenvalue weighted by molar-refractivity contribution is 1.10. The topological polar surface area (TPSA) is 24.4 Å². The third-order valence-electron chi connectivity index (χ3n) is 3.05. The van der Waals surface area contributed by atoms with E-state index in [1.165, 1.54) is 23.6 Å². The molecule has 104 valence electrons. The number of nitrogens with one attached hydrogen (secondary N) is 1. The number of hydrogen-bond acceptors (Lipinski definition) is 4. The van der Waals surface area contributed by atoms with Crippen molar-refractivity contribution in [1.29, 1.82) is 0 Å². The number of hydrogen-bond donors (Lipinski definition) is 1. The first-order chi connectivity index (χ1) is 9.22. The largest absolute Gasteiger partial charge is 0.278 e. The van der Waals surface area contributed by atoms with Gasteiger partial charge in [-0.1, -0.05) is 24.6 Å². The van der Waals surface area contributed by atoms with E-state index in [4.69, 9.17) is 11.6 Å². The highest BCUT2D eigenvalue weighted by Crippen LogP contribution is 2.32. The van der Waals surface area contributed by atoms with Crippen LogP contribution in [0.5, 0.6) is 0 Å². The molecule has 1 heterocycles. The molecule has 1 saturated heterocycles. The second-order valence-electron chi connectivity index (χ2n) is 4.41. The fraction of sp³-hybridized carbons (Fsp3) is 0.500. The molecule has 2 rings (SSSR count). The monoisotopic (exact) mass is 314 g/mol. The van der Waals surface area contributed by atoms with Gasteiger partial charge in [0.25, 0.3) is 0 Å². The van der Waals surface area contributed by atoms with E-state index < -0.39 is 0 Å². The van der Waals surface area contributed by atoms with Gasteiger partial charge >= 0.3 is 0 Å². The average Bonchev–Trinajstić information content (AvgIpc) is 2.45. The number of benzene rings is 1. The molecular formula is C14H19ClN2S2. The minimum Gasteiger partial charge on any atom is -0.278 e. The van der Waals surface area contributed by atoms with Gasteiger partial charge in [0, 0.05) is 5.02 Å². The molecule has 0 aliphatic carbocycles. The first-order valence-electron chi connectivity index (χ1n) is 6.53. The van der Waals surface area contributed by atoms with E-state index in [9.17, 15) is 0 Å². The van der Waals surface area contributed by atoms with Gasteiger partial charge in [0.2, 0.25) is 0 Å². The maximum absolute atomic E-state index is 6.12. The number of rotatable bonds is 4. The Kier molecular flexibility index (Phi) is 5.92. The van der Waals surface area contributed by atoms with Crippen LogP contribution in [-0.2, 0) is 0 Å². The zero-order chi connectivity index (χ0) is 13.7. The lowest BCUT2D eigenvalue weighted by Gasteiger charge is -2.22. The third-order valence-corrected chi connectivity index (χ3v) is 6.47. The van der Waals surface area contributed by atoms with Crippen LogP contribution in [0.15, 0.2) is 23.3 Å². The summed E-state index contributed by atoms with van der Waals surface area (Å²) in [6.07, 6.45) is 2.29. The van der Waals surface area contributed by atoms with Crippen LogP contribution in [0.1, 0.15) is 25.3 Å². The van der Waals surface area contributed by atoms with Gasteiger partial charge in [-0.25, -0.2) is 0 Å². The molecule has 0 bridgehead atoms. The van der Waals surface area contributed by atoms with Crippen LogP contribution in [0.4, 0.5) is 5.69 Å². The zero-order valence-corrected chi connectivity index (χ0v) is 13.7. The highest BCUT2D eigenvalue weighted by molar-refractivity contribution is 8.18. The van der Waals surface area contributed by atoms with Crippen LogP contribution >= 0.6 is 35.1 Å². The molecule has 0 spiro atoms. The average molecular weight is 315 g/mol. The second-order valence-corrected chi connectivity index (χ2v) is 7.54. The van der Waals surface area contributed by atoms with E-state index in [2.05, 4.69) is 17.5 Å². The van der Waals surface area contributed by atoms with Crippen molar-refractivity contribution in [3.05, 3.63) is 28.8 Å². The third kappa shape index (κ3) is 4.07. The molecule has 19 heavy (non-hydrogen) atoms. The van der Waals surface area contributed by atoms with Crippen molar-refractivity contribution in [2.75, 3.05) is 16.9 Å². The van der Waals surface area contributed by atoms with Gasteiger partial charge in [0.05, 0.1) is 16.0 Å². The van der Waals surface area contributed by atoms with Crippen molar-refractivity contribution in [1.82, 2.24) is 0 Å². The van der Waals surface area contributed by atoms with Crippen molar-refractivity contribution >= 4 is 46.5 Å². The SMILES string of the molecule is CC/C(=N\Nc1cccc(Cl)c1C)C1SCCCS1. The highest BCUT2D eigenvalue weighted by Gasteiger charge is 2.19. The van der Waals surface area contributed by atoms with Gasteiger partial charge in [-0.2, -0.15) is 5.10 Å². The second kappa shape index (κ2) is 7.46. The van der Waals surface area contributed by atoms with Crippen LogP contribution in [0.2, 0.25) is 5.02 Å². The summed E-state index contributed by atoms with van der Waals surface area (Å²) in [6, 6.07) is 5.86. The van der Waals surface area contributed by atoms with E-state index in [0.29, 0.717) is 4.58 Å². The molecular weight excluding hydrogens is 296 g/mol. The Bertz CT molecular complexity index is 457. The fourth-order valence-corrected chi connectivity index (χ4v) is 5.03. The minimum atomic E-state index is 0.505. The molecule has 1 aliphatic heterocycles. The molecule has 0 aromatic heterocycles. The van der Waals surface area contributed by atoms with E-state index in [-0.39, 0.29) is 0 Å². The fourth-order valence-electron chi connectivity index (χ4n) is 1.84. The number of halogens is 1. The van der Waals surface area contributed by atoms with Gasteiger partial charge in [0.15, 0.2) is 0 Å². The highest BCUT2D eigenvalue weighted by atomic mass is 35.5. The maximum Gasteiger partial charge on any atom is 0.0900 e. The van der Waals surface area contributed by atoms with Gasteiger partial charge < -0.3 is 0 Å². The molecule has 0 atom stereocenters. The molecule has 1 aliphatic rings. The number of anilines is 1. The van der Waals surface area contributed by atoms with Crippen molar-refractivity contribution in [2.24, 2.45) is 5.10 Å². The molecule has 1 aromatic rings. The number of nitrogens with zero attached hydrogens (tertiary/aromatic N) is 1. The summed E-state index contributed by atoms with van der Waals surface area (Å²) < 4.78 is 0.505. The van der Waals surface area contributed by atoms with Crippen LogP contribution in [0.25, 0.3) is 0 Å². The molecule has 5 heteroatoms. The van der Waals surface area contributed by atoms with Crippen LogP contribution < -0.4 is 5.43 Å². The molecule has 0 radical (unpaired) electrons. The van der Waals surface area contributed by atoms with E-state index in [1.807, 2.05) is 48.6 Å². The molecule has 0 saturated carbocycles. The molecule has 1 N–H and O–H groups in total. The minimum absolute atomic E-state index is 0.505. The standard InChI is InChI=1S/C14H19ClN2S2/c1-3-12(14-18-8-5-9-19-14)16-17-13-7-4-6-11(15)10(13)2/h4,6-7,14,17H,3,5,8-9H2,1-2H3/b16-12+. The van der Waals surface area contributed by atoms with E-state index >= 15 is 0 Å². The smallest absolute Gasteiger partial charge is 0.0900 e. The first kappa shape index (κ1) is 15.1. The summed E-state index contributed by atoms with van der Waals surface area (Å²) in [6.45, 7) is 4.18. The molecule has 2 nitrogen and oxygen atoms in total. The summed E-state index contributed by atoms with van der Waals surface area (Å²) in [7, 11) is 0. The lowest BCUT2D eigenvalue weighted by Crippen LogP contribution is -2.19. The van der Waals surface area contributed by atoms with Crippen LogP contribution in [0, 0.1) is 6.92 Å². The Morgan fingerprint density at radius 3 is 2.84 bits per heavy atom. The van der Waals surface area contributed by atoms with Crippen LogP contribution in [-0.4, -0.2) is 21.8 Å². The van der Waals surface area contributed by atoms with Crippen molar-refractivity contribution in [3.63, 3.8) is 0 Å². The van der Waals surface area contributed by atoms with Crippen molar-refractivity contribution in [2.45, 2.75) is 31.3 Å². The molecule has 1 aromatic carbocycles.